The van der Waals surface area contributed by atoms with Crippen molar-refractivity contribution in [2.45, 2.75) is 32.2 Å². The van der Waals surface area contributed by atoms with Crippen molar-refractivity contribution in [2.24, 2.45) is 5.92 Å². The van der Waals surface area contributed by atoms with Crippen LogP contribution in [0.5, 0.6) is 0 Å². The standard InChI is InChI=1S/C17H22N2O2/c1-12-4-2-3-5-14(12)16(20)11-19-9-8-15-13(10-19)6-7-17(21)18-15/h2-5,13,15H,6-11H2,1H3,(H,18,21). The fourth-order valence-corrected chi connectivity index (χ4v) is 3.50. The van der Waals surface area contributed by atoms with Gasteiger partial charge in [-0.1, -0.05) is 24.3 Å². The number of fused-ring (bicyclic) bond motifs is 1. The zero-order valence-corrected chi connectivity index (χ0v) is 12.5. The number of piperidine rings is 2. The number of Topliss-reactive ketones (excluding diaryl/α,β-unsaturated/α-hetero) is 1. The third-order valence-electron chi connectivity index (χ3n) is 4.72. The molecule has 4 nitrogen and oxygen atoms in total. The molecular weight excluding hydrogens is 264 g/mol. The van der Waals surface area contributed by atoms with Gasteiger partial charge >= 0.3 is 0 Å². The maximum absolute atomic E-state index is 12.4. The summed E-state index contributed by atoms with van der Waals surface area (Å²) in [7, 11) is 0. The Morgan fingerprint density at radius 3 is 2.95 bits per heavy atom. The third kappa shape index (κ3) is 3.16. The van der Waals surface area contributed by atoms with Crippen LogP contribution < -0.4 is 5.32 Å². The van der Waals surface area contributed by atoms with E-state index in [2.05, 4.69) is 10.2 Å². The van der Waals surface area contributed by atoms with E-state index in [0.717, 1.165) is 37.1 Å². The Hall–Kier alpha value is -1.68. The quantitative estimate of drug-likeness (QED) is 0.862. The van der Waals surface area contributed by atoms with Crippen LogP contribution in [0.1, 0.15) is 35.2 Å². The Morgan fingerprint density at radius 2 is 2.14 bits per heavy atom. The van der Waals surface area contributed by atoms with Crippen LogP contribution in [0.15, 0.2) is 24.3 Å². The number of hydrogen-bond donors (Lipinski definition) is 1. The Morgan fingerprint density at radius 1 is 1.33 bits per heavy atom. The van der Waals surface area contributed by atoms with Gasteiger partial charge in [0.15, 0.2) is 5.78 Å². The van der Waals surface area contributed by atoms with Crippen molar-refractivity contribution in [3.63, 3.8) is 0 Å². The lowest BCUT2D eigenvalue weighted by Gasteiger charge is -2.41. The summed E-state index contributed by atoms with van der Waals surface area (Å²) in [6.45, 7) is 4.28. The molecule has 2 heterocycles. The molecule has 2 unspecified atom stereocenters. The van der Waals surface area contributed by atoms with Gasteiger partial charge < -0.3 is 5.32 Å². The number of likely N-dealkylation sites (tertiary alicyclic amines) is 1. The second kappa shape index (κ2) is 5.98. The largest absolute Gasteiger partial charge is 0.353 e. The minimum absolute atomic E-state index is 0.181. The van der Waals surface area contributed by atoms with E-state index in [0.29, 0.717) is 24.9 Å². The third-order valence-corrected chi connectivity index (χ3v) is 4.72. The van der Waals surface area contributed by atoms with Gasteiger partial charge in [-0.15, -0.1) is 0 Å². The predicted octanol–water partition coefficient (Wildman–Crippen LogP) is 1.78. The van der Waals surface area contributed by atoms with E-state index < -0.39 is 0 Å². The van der Waals surface area contributed by atoms with E-state index >= 15 is 0 Å². The van der Waals surface area contributed by atoms with Gasteiger partial charge in [-0.25, -0.2) is 0 Å². The number of aryl methyl sites for hydroxylation is 1. The summed E-state index contributed by atoms with van der Waals surface area (Å²) >= 11 is 0. The number of hydrogen-bond acceptors (Lipinski definition) is 3. The van der Waals surface area contributed by atoms with Crippen molar-refractivity contribution in [2.75, 3.05) is 19.6 Å². The normalized spacial score (nSPS) is 26.0. The van der Waals surface area contributed by atoms with Gasteiger partial charge in [0, 0.05) is 31.1 Å². The molecule has 2 aliphatic rings. The van der Waals surface area contributed by atoms with Crippen LogP contribution in [0.3, 0.4) is 0 Å². The van der Waals surface area contributed by atoms with Crippen molar-refractivity contribution in [3.05, 3.63) is 35.4 Å². The van der Waals surface area contributed by atoms with Crippen molar-refractivity contribution >= 4 is 11.7 Å². The molecule has 2 aliphatic heterocycles. The highest BCUT2D eigenvalue weighted by Crippen LogP contribution is 2.25. The summed E-state index contributed by atoms with van der Waals surface area (Å²) < 4.78 is 0. The molecule has 0 aliphatic carbocycles. The van der Waals surface area contributed by atoms with E-state index in [1.54, 1.807) is 0 Å². The number of ketones is 1. The fourth-order valence-electron chi connectivity index (χ4n) is 3.50. The maximum Gasteiger partial charge on any atom is 0.220 e. The molecule has 0 radical (unpaired) electrons. The molecule has 1 aromatic rings. The van der Waals surface area contributed by atoms with E-state index in [1.165, 1.54) is 0 Å². The Bertz CT molecular complexity index is 555. The van der Waals surface area contributed by atoms with E-state index in [-0.39, 0.29) is 11.7 Å². The molecule has 0 aromatic heterocycles. The molecule has 2 saturated heterocycles. The van der Waals surface area contributed by atoms with Gasteiger partial charge in [0.1, 0.15) is 0 Å². The lowest BCUT2D eigenvalue weighted by Crippen LogP contribution is -2.54. The Kier molecular flexibility index (Phi) is 4.06. The average Bonchev–Trinajstić information content (AvgIpc) is 2.48. The van der Waals surface area contributed by atoms with Crippen LogP contribution >= 0.6 is 0 Å². The monoisotopic (exact) mass is 286 g/mol. The SMILES string of the molecule is Cc1ccccc1C(=O)CN1CCC2NC(=O)CCC2C1. The average molecular weight is 286 g/mol. The van der Waals surface area contributed by atoms with Gasteiger partial charge in [0.25, 0.3) is 0 Å². The van der Waals surface area contributed by atoms with Crippen LogP contribution in [0.2, 0.25) is 0 Å². The summed E-state index contributed by atoms with van der Waals surface area (Å²) in [4.78, 5) is 26.1. The van der Waals surface area contributed by atoms with Crippen molar-refractivity contribution in [1.82, 2.24) is 10.2 Å². The van der Waals surface area contributed by atoms with Gasteiger partial charge in [0.2, 0.25) is 5.91 Å². The lowest BCUT2D eigenvalue weighted by atomic mass is 9.85. The van der Waals surface area contributed by atoms with Crippen molar-refractivity contribution in [1.29, 1.82) is 0 Å². The van der Waals surface area contributed by atoms with Crippen molar-refractivity contribution in [3.8, 4) is 0 Å². The van der Waals surface area contributed by atoms with Crippen molar-refractivity contribution < 1.29 is 9.59 Å². The lowest BCUT2D eigenvalue weighted by molar-refractivity contribution is -0.125. The van der Waals surface area contributed by atoms with Crippen LogP contribution in [0.25, 0.3) is 0 Å². The van der Waals surface area contributed by atoms with Crippen LogP contribution in [-0.2, 0) is 4.79 Å². The molecular formula is C17H22N2O2. The predicted molar refractivity (Wildman–Crippen MR) is 81.2 cm³/mol. The summed E-state index contributed by atoms with van der Waals surface area (Å²) in [6, 6.07) is 8.09. The molecule has 2 atom stereocenters. The maximum atomic E-state index is 12.4. The molecule has 4 heteroatoms. The zero-order chi connectivity index (χ0) is 14.8. The summed E-state index contributed by atoms with van der Waals surface area (Å²) in [5.41, 5.74) is 1.87. The molecule has 2 fully saturated rings. The number of nitrogens with one attached hydrogen (secondary N) is 1. The Labute approximate surface area is 125 Å². The highest BCUT2D eigenvalue weighted by molar-refractivity contribution is 5.98. The van der Waals surface area contributed by atoms with Gasteiger partial charge in [-0.05, 0) is 31.2 Å². The first kappa shape index (κ1) is 14.3. The van der Waals surface area contributed by atoms with Gasteiger partial charge in [0.05, 0.1) is 6.54 Å². The Balaban J connectivity index is 1.61. The highest BCUT2D eigenvalue weighted by Gasteiger charge is 2.34. The summed E-state index contributed by atoms with van der Waals surface area (Å²) in [5, 5.41) is 3.08. The number of amides is 1. The molecule has 1 N–H and O–H groups in total. The van der Waals surface area contributed by atoms with Crippen LogP contribution in [0.4, 0.5) is 0 Å². The minimum Gasteiger partial charge on any atom is -0.353 e. The van der Waals surface area contributed by atoms with Crippen LogP contribution in [0, 0.1) is 12.8 Å². The van der Waals surface area contributed by atoms with Crippen LogP contribution in [-0.4, -0.2) is 42.3 Å². The summed E-state index contributed by atoms with van der Waals surface area (Å²) in [6.07, 6.45) is 2.53. The summed E-state index contributed by atoms with van der Waals surface area (Å²) in [5.74, 6) is 0.883. The molecule has 0 spiro atoms. The minimum atomic E-state index is 0.181. The van der Waals surface area contributed by atoms with Gasteiger partial charge in [-0.3, -0.25) is 14.5 Å². The molecule has 3 rings (SSSR count). The number of nitrogens with zero attached hydrogens (tertiary/aromatic N) is 1. The van der Waals surface area contributed by atoms with E-state index in [1.807, 2.05) is 31.2 Å². The van der Waals surface area contributed by atoms with E-state index in [4.69, 9.17) is 0 Å². The first-order valence-corrected chi connectivity index (χ1v) is 7.74. The first-order valence-electron chi connectivity index (χ1n) is 7.74. The first-order chi connectivity index (χ1) is 10.1. The molecule has 112 valence electrons. The number of carbonyl (C=O) groups excluding carboxylic acids is 2. The topological polar surface area (TPSA) is 49.4 Å². The molecule has 0 bridgehead atoms. The second-order valence-corrected chi connectivity index (χ2v) is 6.23. The number of benzene rings is 1. The second-order valence-electron chi connectivity index (χ2n) is 6.23. The van der Waals surface area contributed by atoms with Gasteiger partial charge in [-0.2, -0.15) is 0 Å². The number of carbonyl (C=O) groups is 2. The zero-order valence-electron chi connectivity index (χ0n) is 12.5. The van der Waals surface area contributed by atoms with E-state index in [9.17, 15) is 9.59 Å². The fraction of sp³-hybridized carbons (Fsp3) is 0.529. The molecule has 0 saturated carbocycles. The highest BCUT2D eigenvalue weighted by atomic mass is 16.1. The molecule has 21 heavy (non-hydrogen) atoms. The number of rotatable bonds is 3. The molecule has 1 amide bonds. The molecule has 1 aromatic carbocycles. The smallest absolute Gasteiger partial charge is 0.220 e.